The van der Waals surface area contributed by atoms with E-state index in [0.29, 0.717) is 30.4 Å². The van der Waals surface area contributed by atoms with Gasteiger partial charge in [0.05, 0.1) is 23.9 Å². The van der Waals surface area contributed by atoms with Crippen molar-refractivity contribution in [3.8, 4) is 5.88 Å². The molecular weight excluding hydrogens is 368 g/mol. The number of rotatable bonds is 5. The zero-order chi connectivity index (χ0) is 20.5. The number of amides is 1. The van der Waals surface area contributed by atoms with Crippen LogP contribution in [0.3, 0.4) is 0 Å². The molecule has 4 rings (SSSR count). The second-order valence-electron chi connectivity index (χ2n) is 7.55. The highest BCUT2D eigenvalue weighted by molar-refractivity contribution is 6.01. The minimum atomic E-state index is 0.0104. The van der Waals surface area contributed by atoms with Gasteiger partial charge in [-0.15, -0.1) is 0 Å². The first kappa shape index (κ1) is 19.2. The van der Waals surface area contributed by atoms with Crippen LogP contribution in [0, 0.1) is 13.8 Å². The van der Waals surface area contributed by atoms with Crippen molar-refractivity contribution in [3.63, 3.8) is 0 Å². The number of anilines is 1. The van der Waals surface area contributed by atoms with E-state index in [-0.39, 0.29) is 18.0 Å². The third-order valence-corrected chi connectivity index (χ3v) is 5.20. The summed E-state index contributed by atoms with van der Waals surface area (Å²) < 4.78 is 7.25. The molecule has 152 valence electrons. The van der Waals surface area contributed by atoms with Gasteiger partial charge in [0.1, 0.15) is 11.6 Å². The van der Waals surface area contributed by atoms with Gasteiger partial charge in [-0.1, -0.05) is 0 Å². The van der Waals surface area contributed by atoms with Crippen LogP contribution < -0.4 is 10.1 Å². The van der Waals surface area contributed by atoms with Crippen LogP contribution in [0.1, 0.15) is 42.0 Å². The van der Waals surface area contributed by atoms with Crippen molar-refractivity contribution < 1.29 is 9.53 Å². The summed E-state index contributed by atoms with van der Waals surface area (Å²) in [5.41, 5.74) is 2.58. The lowest BCUT2D eigenvalue weighted by atomic mass is 10.2. The molecule has 1 aliphatic heterocycles. The Hall–Kier alpha value is -3.16. The molecule has 8 nitrogen and oxygen atoms in total. The normalized spacial score (nSPS) is 19.0. The van der Waals surface area contributed by atoms with E-state index in [9.17, 15) is 4.79 Å². The van der Waals surface area contributed by atoms with Crippen LogP contribution in [0.5, 0.6) is 5.88 Å². The quantitative estimate of drug-likeness (QED) is 0.716. The number of hydrogen-bond acceptors (Lipinski definition) is 6. The molecule has 0 aromatic carbocycles. The highest BCUT2D eigenvalue weighted by Crippen LogP contribution is 2.25. The van der Waals surface area contributed by atoms with E-state index in [4.69, 9.17) is 4.74 Å². The predicted molar refractivity (Wildman–Crippen MR) is 110 cm³/mol. The van der Waals surface area contributed by atoms with E-state index in [0.717, 1.165) is 23.3 Å². The Kier molecular flexibility index (Phi) is 5.08. The SMILES string of the molecule is CCOc1cc(NC2CC(C)N(C(=O)c3cnn4ccc(C)cc34)C2)nc(C)n1. The highest BCUT2D eigenvalue weighted by atomic mass is 16.5. The molecule has 0 saturated carbocycles. The topological polar surface area (TPSA) is 84.7 Å². The molecule has 1 N–H and O–H groups in total. The van der Waals surface area contributed by atoms with Gasteiger partial charge in [0.2, 0.25) is 5.88 Å². The molecule has 0 radical (unpaired) electrons. The minimum Gasteiger partial charge on any atom is -0.478 e. The van der Waals surface area contributed by atoms with Gasteiger partial charge in [-0.05, 0) is 51.8 Å². The average molecular weight is 394 g/mol. The summed E-state index contributed by atoms with van der Waals surface area (Å²) >= 11 is 0. The zero-order valence-corrected chi connectivity index (χ0v) is 17.2. The number of nitrogens with zero attached hydrogens (tertiary/aromatic N) is 5. The molecule has 1 saturated heterocycles. The Bertz CT molecular complexity index is 1050. The summed E-state index contributed by atoms with van der Waals surface area (Å²) in [5.74, 6) is 1.94. The zero-order valence-electron chi connectivity index (χ0n) is 17.2. The number of nitrogens with one attached hydrogen (secondary N) is 1. The van der Waals surface area contributed by atoms with Crippen LogP contribution in [-0.4, -0.2) is 55.6 Å². The molecular formula is C21H26N6O2. The Morgan fingerprint density at radius 2 is 2.14 bits per heavy atom. The van der Waals surface area contributed by atoms with Crippen molar-refractivity contribution in [1.82, 2.24) is 24.5 Å². The second-order valence-corrected chi connectivity index (χ2v) is 7.55. The molecule has 29 heavy (non-hydrogen) atoms. The number of aromatic nitrogens is 4. The molecule has 0 bridgehead atoms. The van der Waals surface area contributed by atoms with Gasteiger partial charge in [0.15, 0.2) is 0 Å². The van der Waals surface area contributed by atoms with Crippen molar-refractivity contribution in [2.75, 3.05) is 18.5 Å². The summed E-state index contributed by atoms with van der Waals surface area (Å²) in [6, 6.07) is 6.01. The van der Waals surface area contributed by atoms with Gasteiger partial charge in [-0.3, -0.25) is 4.79 Å². The highest BCUT2D eigenvalue weighted by Gasteiger charge is 2.34. The molecule has 3 aromatic rings. The molecule has 2 atom stereocenters. The summed E-state index contributed by atoms with van der Waals surface area (Å²) in [4.78, 5) is 23.9. The maximum absolute atomic E-state index is 13.2. The van der Waals surface area contributed by atoms with Crippen LogP contribution in [0.2, 0.25) is 0 Å². The smallest absolute Gasteiger partial charge is 0.258 e. The number of likely N-dealkylation sites (tertiary alicyclic amines) is 1. The maximum atomic E-state index is 13.2. The van der Waals surface area contributed by atoms with Crippen molar-refractivity contribution in [2.45, 2.75) is 46.2 Å². The first-order valence-corrected chi connectivity index (χ1v) is 9.94. The van der Waals surface area contributed by atoms with Gasteiger partial charge in [0, 0.05) is 30.9 Å². The lowest BCUT2D eigenvalue weighted by Gasteiger charge is -2.21. The van der Waals surface area contributed by atoms with E-state index in [1.165, 1.54) is 0 Å². The number of fused-ring (bicyclic) bond motifs is 1. The van der Waals surface area contributed by atoms with Crippen LogP contribution in [0.15, 0.2) is 30.6 Å². The number of ether oxygens (including phenoxy) is 1. The Morgan fingerprint density at radius 3 is 2.93 bits per heavy atom. The number of aryl methyl sites for hydroxylation is 2. The standard InChI is InChI=1S/C21H26N6O2/c1-5-29-20-10-19(23-15(4)24-20)25-16-9-14(3)26(12-16)21(28)17-11-22-27-7-6-13(2)8-18(17)27/h6-8,10-11,14,16H,5,9,12H2,1-4H3,(H,23,24,25). The number of carbonyl (C=O) groups excluding carboxylic acids is 1. The molecule has 1 aliphatic rings. The van der Waals surface area contributed by atoms with Gasteiger partial charge in [-0.25, -0.2) is 9.50 Å². The van der Waals surface area contributed by atoms with Gasteiger partial charge in [-0.2, -0.15) is 10.1 Å². The fraction of sp³-hybridized carbons (Fsp3) is 0.429. The van der Waals surface area contributed by atoms with Crippen LogP contribution in [-0.2, 0) is 0 Å². The Labute approximate surface area is 169 Å². The average Bonchev–Trinajstić information content (AvgIpc) is 3.24. The van der Waals surface area contributed by atoms with Crippen molar-refractivity contribution in [3.05, 3.63) is 47.5 Å². The Balaban J connectivity index is 1.51. The van der Waals surface area contributed by atoms with Crippen LogP contribution in [0.25, 0.3) is 5.52 Å². The lowest BCUT2D eigenvalue weighted by molar-refractivity contribution is 0.0748. The molecule has 0 spiro atoms. The molecule has 2 unspecified atom stereocenters. The lowest BCUT2D eigenvalue weighted by Crippen LogP contribution is -2.35. The minimum absolute atomic E-state index is 0.0104. The molecule has 3 aromatic heterocycles. The van der Waals surface area contributed by atoms with Crippen LogP contribution in [0.4, 0.5) is 5.82 Å². The molecule has 1 fully saturated rings. The summed E-state index contributed by atoms with van der Waals surface area (Å²) in [5, 5.41) is 7.77. The van der Waals surface area contributed by atoms with Crippen LogP contribution >= 0.6 is 0 Å². The van der Waals surface area contributed by atoms with E-state index in [2.05, 4.69) is 27.3 Å². The monoisotopic (exact) mass is 394 g/mol. The largest absolute Gasteiger partial charge is 0.478 e. The predicted octanol–water partition coefficient (Wildman–Crippen LogP) is 2.85. The number of pyridine rings is 1. The summed E-state index contributed by atoms with van der Waals surface area (Å²) in [7, 11) is 0. The molecule has 4 heterocycles. The van der Waals surface area contributed by atoms with Gasteiger partial charge < -0.3 is 15.0 Å². The van der Waals surface area contributed by atoms with E-state index < -0.39 is 0 Å². The third kappa shape index (κ3) is 3.87. The van der Waals surface area contributed by atoms with Crippen molar-refractivity contribution >= 4 is 17.2 Å². The molecule has 8 heteroatoms. The van der Waals surface area contributed by atoms with Crippen molar-refractivity contribution in [2.24, 2.45) is 0 Å². The second kappa shape index (κ2) is 7.69. The maximum Gasteiger partial charge on any atom is 0.258 e. The van der Waals surface area contributed by atoms with E-state index in [1.54, 1.807) is 16.8 Å². The fourth-order valence-corrected chi connectivity index (χ4v) is 3.87. The summed E-state index contributed by atoms with van der Waals surface area (Å²) in [6.45, 7) is 9.02. The van der Waals surface area contributed by atoms with E-state index in [1.807, 2.05) is 44.0 Å². The summed E-state index contributed by atoms with van der Waals surface area (Å²) in [6.07, 6.45) is 4.39. The fourth-order valence-electron chi connectivity index (χ4n) is 3.87. The van der Waals surface area contributed by atoms with Crippen molar-refractivity contribution in [1.29, 1.82) is 0 Å². The first-order chi connectivity index (χ1) is 13.9. The number of hydrogen-bond donors (Lipinski definition) is 1. The molecule has 1 amide bonds. The first-order valence-electron chi connectivity index (χ1n) is 9.94. The molecule has 0 aliphatic carbocycles. The Morgan fingerprint density at radius 1 is 1.31 bits per heavy atom. The van der Waals surface area contributed by atoms with E-state index >= 15 is 0 Å². The van der Waals surface area contributed by atoms with Gasteiger partial charge in [0.25, 0.3) is 5.91 Å². The van der Waals surface area contributed by atoms with Gasteiger partial charge >= 0.3 is 0 Å². The number of carbonyl (C=O) groups is 1. The third-order valence-electron chi connectivity index (χ3n) is 5.20.